The standard InChI is InChI=1S/C14H13N5OS/c20-14(13-17-11-3-1-2-4-12(11)21-13)18-8-5-10(9-18)19-15-6-7-16-19/h1-4,6-7,10H,5,8-9H2. The Kier molecular flexibility index (Phi) is 2.92. The third-order valence-corrected chi connectivity index (χ3v) is 4.72. The van der Waals surface area contributed by atoms with Crippen molar-refractivity contribution in [2.45, 2.75) is 12.5 Å². The topological polar surface area (TPSA) is 63.9 Å². The molecule has 3 aromatic rings. The first-order valence-electron chi connectivity index (χ1n) is 6.82. The molecule has 1 aliphatic heterocycles. The number of benzene rings is 1. The third kappa shape index (κ3) is 2.19. The number of hydrogen-bond donors (Lipinski definition) is 0. The summed E-state index contributed by atoms with van der Waals surface area (Å²) >= 11 is 1.45. The van der Waals surface area contributed by atoms with Crippen LogP contribution in [0.3, 0.4) is 0 Å². The number of nitrogens with zero attached hydrogens (tertiary/aromatic N) is 5. The molecule has 0 bridgehead atoms. The van der Waals surface area contributed by atoms with Crippen LogP contribution >= 0.6 is 11.3 Å². The Morgan fingerprint density at radius 1 is 1.24 bits per heavy atom. The van der Waals surface area contributed by atoms with Crippen molar-refractivity contribution >= 4 is 27.5 Å². The van der Waals surface area contributed by atoms with Gasteiger partial charge in [-0.1, -0.05) is 12.1 Å². The van der Waals surface area contributed by atoms with E-state index in [1.807, 2.05) is 29.2 Å². The summed E-state index contributed by atoms with van der Waals surface area (Å²) in [5.41, 5.74) is 0.885. The van der Waals surface area contributed by atoms with E-state index in [2.05, 4.69) is 15.2 Å². The molecule has 0 aliphatic carbocycles. The normalized spacial score (nSPS) is 18.5. The maximum absolute atomic E-state index is 12.6. The molecular weight excluding hydrogens is 286 g/mol. The highest BCUT2D eigenvalue weighted by atomic mass is 32.1. The van der Waals surface area contributed by atoms with Gasteiger partial charge in [0.2, 0.25) is 0 Å². The number of hydrogen-bond acceptors (Lipinski definition) is 5. The molecule has 1 aromatic carbocycles. The molecule has 6 nitrogen and oxygen atoms in total. The molecule has 4 rings (SSSR count). The van der Waals surface area contributed by atoms with Gasteiger partial charge in [0.15, 0.2) is 5.01 Å². The fraction of sp³-hybridized carbons (Fsp3) is 0.286. The first-order valence-corrected chi connectivity index (χ1v) is 7.63. The zero-order valence-corrected chi connectivity index (χ0v) is 12.0. The molecule has 1 atom stereocenters. The second kappa shape index (κ2) is 4.92. The number of para-hydroxylation sites is 1. The Hall–Kier alpha value is -2.28. The lowest BCUT2D eigenvalue weighted by Gasteiger charge is -2.14. The molecule has 3 heterocycles. The van der Waals surface area contributed by atoms with Crippen molar-refractivity contribution in [3.05, 3.63) is 41.7 Å². The van der Waals surface area contributed by atoms with E-state index in [1.54, 1.807) is 17.2 Å². The molecule has 1 unspecified atom stereocenters. The van der Waals surface area contributed by atoms with Gasteiger partial charge < -0.3 is 4.90 Å². The summed E-state index contributed by atoms with van der Waals surface area (Å²) in [4.78, 5) is 20.5. The predicted molar refractivity (Wildman–Crippen MR) is 79.2 cm³/mol. The van der Waals surface area contributed by atoms with Crippen LogP contribution in [0.15, 0.2) is 36.7 Å². The van der Waals surface area contributed by atoms with E-state index >= 15 is 0 Å². The first kappa shape index (κ1) is 12.5. The van der Waals surface area contributed by atoms with Gasteiger partial charge in [0.05, 0.1) is 28.7 Å². The first-order chi connectivity index (χ1) is 10.3. The number of aromatic nitrogens is 4. The Morgan fingerprint density at radius 3 is 2.86 bits per heavy atom. The lowest BCUT2D eigenvalue weighted by Crippen LogP contribution is -2.29. The lowest BCUT2D eigenvalue weighted by atomic mass is 10.3. The van der Waals surface area contributed by atoms with Crippen LogP contribution in [0.1, 0.15) is 22.3 Å². The third-order valence-electron chi connectivity index (χ3n) is 3.69. The van der Waals surface area contributed by atoms with Gasteiger partial charge in [-0.25, -0.2) is 4.98 Å². The quantitative estimate of drug-likeness (QED) is 0.726. The minimum Gasteiger partial charge on any atom is -0.334 e. The number of likely N-dealkylation sites (tertiary alicyclic amines) is 1. The van der Waals surface area contributed by atoms with Crippen molar-refractivity contribution < 1.29 is 4.79 Å². The second-order valence-electron chi connectivity index (χ2n) is 5.03. The van der Waals surface area contributed by atoms with Gasteiger partial charge in [0, 0.05) is 13.1 Å². The number of thiazole rings is 1. The fourth-order valence-electron chi connectivity index (χ4n) is 2.63. The fourth-order valence-corrected chi connectivity index (χ4v) is 3.56. The minimum atomic E-state index is 0.00542. The highest BCUT2D eigenvalue weighted by Gasteiger charge is 2.30. The van der Waals surface area contributed by atoms with Crippen LogP contribution in [0.4, 0.5) is 0 Å². The van der Waals surface area contributed by atoms with Gasteiger partial charge in [-0.2, -0.15) is 15.0 Å². The molecule has 2 aromatic heterocycles. The van der Waals surface area contributed by atoms with E-state index in [-0.39, 0.29) is 11.9 Å². The van der Waals surface area contributed by atoms with Crippen molar-refractivity contribution in [3.8, 4) is 0 Å². The largest absolute Gasteiger partial charge is 0.334 e. The van der Waals surface area contributed by atoms with Crippen molar-refractivity contribution in [1.82, 2.24) is 24.9 Å². The summed E-state index contributed by atoms with van der Waals surface area (Å²) in [6, 6.07) is 7.99. The second-order valence-corrected chi connectivity index (χ2v) is 6.06. The SMILES string of the molecule is O=C(c1nc2ccccc2s1)N1CCC(n2nccn2)C1. The van der Waals surface area contributed by atoms with Crippen LogP contribution in [0.5, 0.6) is 0 Å². The average molecular weight is 299 g/mol. The van der Waals surface area contributed by atoms with Gasteiger partial charge >= 0.3 is 0 Å². The summed E-state index contributed by atoms with van der Waals surface area (Å²) < 4.78 is 1.05. The van der Waals surface area contributed by atoms with Crippen LogP contribution in [0, 0.1) is 0 Å². The molecule has 1 amide bonds. The Balaban J connectivity index is 1.55. The minimum absolute atomic E-state index is 0.00542. The maximum Gasteiger partial charge on any atom is 0.282 e. The molecule has 0 radical (unpaired) electrons. The average Bonchev–Trinajstić information content (AvgIpc) is 3.24. The van der Waals surface area contributed by atoms with E-state index in [0.717, 1.165) is 23.2 Å². The number of fused-ring (bicyclic) bond motifs is 1. The monoisotopic (exact) mass is 299 g/mol. The van der Waals surface area contributed by atoms with Gasteiger partial charge in [-0.3, -0.25) is 4.79 Å². The molecule has 1 fully saturated rings. The Bertz CT molecular complexity index is 749. The van der Waals surface area contributed by atoms with Crippen LogP contribution < -0.4 is 0 Å². The van der Waals surface area contributed by atoms with Crippen molar-refractivity contribution in [2.75, 3.05) is 13.1 Å². The summed E-state index contributed by atoms with van der Waals surface area (Å²) in [6.07, 6.45) is 4.21. The van der Waals surface area contributed by atoms with E-state index in [0.29, 0.717) is 11.6 Å². The van der Waals surface area contributed by atoms with Crippen LogP contribution in [-0.4, -0.2) is 43.9 Å². The smallest absolute Gasteiger partial charge is 0.282 e. The van der Waals surface area contributed by atoms with Gasteiger partial charge in [0.25, 0.3) is 5.91 Å². The summed E-state index contributed by atoms with van der Waals surface area (Å²) in [7, 11) is 0. The zero-order valence-electron chi connectivity index (χ0n) is 11.2. The predicted octanol–water partition coefficient (Wildman–Crippen LogP) is 1.97. The number of carbonyl (C=O) groups is 1. The van der Waals surface area contributed by atoms with Crippen molar-refractivity contribution in [3.63, 3.8) is 0 Å². The number of rotatable bonds is 2. The Labute approximate surface area is 125 Å². The molecule has 7 heteroatoms. The van der Waals surface area contributed by atoms with Crippen LogP contribution in [0.2, 0.25) is 0 Å². The molecule has 0 spiro atoms. The number of carbonyl (C=O) groups excluding carboxylic acids is 1. The summed E-state index contributed by atoms with van der Waals surface area (Å²) in [5.74, 6) is 0.00542. The zero-order chi connectivity index (χ0) is 14.2. The van der Waals surface area contributed by atoms with Gasteiger partial charge in [-0.05, 0) is 18.6 Å². The highest BCUT2D eigenvalue weighted by Crippen LogP contribution is 2.26. The summed E-state index contributed by atoms with van der Waals surface area (Å²) in [6.45, 7) is 1.37. The van der Waals surface area contributed by atoms with Crippen molar-refractivity contribution in [2.24, 2.45) is 0 Å². The molecular formula is C14H13N5OS. The molecule has 0 saturated carbocycles. The molecule has 1 saturated heterocycles. The Morgan fingerprint density at radius 2 is 2.05 bits per heavy atom. The van der Waals surface area contributed by atoms with Crippen LogP contribution in [-0.2, 0) is 0 Å². The van der Waals surface area contributed by atoms with Gasteiger partial charge in [-0.15, -0.1) is 11.3 Å². The molecule has 0 N–H and O–H groups in total. The van der Waals surface area contributed by atoms with Crippen LogP contribution in [0.25, 0.3) is 10.2 Å². The van der Waals surface area contributed by atoms with E-state index < -0.39 is 0 Å². The van der Waals surface area contributed by atoms with E-state index in [9.17, 15) is 4.79 Å². The van der Waals surface area contributed by atoms with Crippen molar-refractivity contribution in [1.29, 1.82) is 0 Å². The lowest BCUT2D eigenvalue weighted by molar-refractivity contribution is 0.0786. The summed E-state index contributed by atoms with van der Waals surface area (Å²) in [5, 5.41) is 8.87. The molecule has 1 aliphatic rings. The highest BCUT2D eigenvalue weighted by molar-refractivity contribution is 7.20. The molecule has 106 valence electrons. The van der Waals surface area contributed by atoms with Gasteiger partial charge in [0.1, 0.15) is 0 Å². The maximum atomic E-state index is 12.6. The van der Waals surface area contributed by atoms with E-state index in [1.165, 1.54) is 11.3 Å². The van der Waals surface area contributed by atoms with E-state index in [4.69, 9.17) is 0 Å². The molecule has 21 heavy (non-hydrogen) atoms. The number of amides is 1.